The predicted molar refractivity (Wildman–Crippen MR) is 165 cm³/mol. The van der Waals surface area contributed by atoms with Crippen molar-refractivity contribution in [2.75, 3.05) is 62.7 Å². The van der Waals surface area contributed by atoms with Crippen LogP contribution in [0.5, 0.6) is 0 Å². The van der Waals surface area contributed by atoms with E-state index in [-0.39, 0.29) is 17.9 Å². The molecule has 8 nitrogen and oxygen atoms in total. The molecule has 0 unspecified atom stereocenters. The van der Waals surface area contributed by atoms with Gasteiger partial charge in [0.25, 0.3) is 5.91 Å². The molecule has 0 spiro atoms. The van der Waals surface area contributed by atoms with E-state index in [1.807, 2.05) is 11.0 Å². The SMILES string of the molecule is C=CC(=O)N1CCN(c2cc(C(=O)NC3CCN(C)CC3)nc3c2CCN(c2cccc4cccc(C)c24)C3)CC1. The molecule has 0 aliphatic carbocycles. The van der Waals surface area contributed by atoms with Gasteiger partial charge in [-0.1, -0.05) is 36.9 Å². The Morgan fingerprint density at radius 2 is 1.68 bits per heavy atom. The van der Waals surface area contributed by atoms with Crippen LogP contribution in [-0.2, 0) is 17.8 Å². The van der Waals surface area contributed by atoms with E-state index in [1.165, 1.54) is 33.7 Å². The van der Waals surface area contributed by atoms with Crippen LogP contribution in [0.2, 0.25) is 0 Å². The minimum Gasteiger partial charge on any atom is -0.368 e. The second-order valence-electron chi connectivity index (χ2n) is 11.6. The van der Waals surface area contributed by atoms with Crippen molar-refractivity contribution in [1.82, 2.24) is 20.1 Å². The number of anilines is 2. The number of carbonyl (C=O) groups excluding carboxylic acids is 2. The number of benzene rings is 2. The van der Waals surface area contributed by atoms with Crippen LogP contribution >= 0.6 is 0 Å². The number of nitrogens with one attached hydrogen (secondary N) is 1. The van der Waals surface area contributed by atoms with Gasteiger partial charge in [-0.2, -0.15) is 0 Å². The molecule has 41 heavy (non-hydrogen) atoms. The van der Waals surface area contributed by atoms with Crippen LogP contribution in [-0.4, -0.2) is 85.5 Å². The molecule has 4 heterocycles. The van der Waals surface area contributed by atoms with Crippen LogP contribution < -0.4 is 15.1 Å². The number of fused-ring (bicyclic) bond motifs is 2. The lowest BCUT2D eigenvalue weighted by atomic mass is 9.97. The van der Waals surface area contributed by atoms with Gasteiger partial charge in [-0.25, -0.2) is 4.98 Å². The Bertz CT molecular complexity index is 1460. The standard InChI is InChI=1S/C33H40N6O2/c1-4-31(40)38-19-17-37(18-20-38)30-21-27(33(41)34-25-11-14-36(3)15-12-25)35-28-22-39(16-13-26(28)30)29-10-6-9-24-8-5-7-23(2)32(24)29/h4-10,21,25H,1,11-20,22H2,2-3H3,(H,34,41). The summed E-state index contributed by atoms with van der Waals surface area (Å²) in [5.41, 5.74) is 6.24. The number of aryl methyl sites for hydroxylation is 1. The van der Waals surface area contributed by atoms with Gasteiger partial charge >= 0.3 is 0 Å². The molecule has 3 aliphatic heterocycles. The second kappa shape index (κ2) is 11.5. The van der Waals surface area contributed by atoms with Crippen molar-refractivity contribution in [2.45, 2.75) is 38.8 Å². The van der Waals surface area contributed by atoms with E-state index in [1.54, 1.807) is 0 Å². The van der Waals surface area contributed by atoms with Crippen molar-refractivity contribution < 1.29 is 9.59 Å². The predicted octanol–water partition coefficient (Wildman–Crippen LogP) is 3.76. The summed E-state index contributed by atoms with van der Waals surface area (Å²) < 4.78 is 0. The first-order valence-corrected chi connectivity index (χ1v) is 14.8. The fraction of sp³-hybridized carbons (Fsp3) is 0.424. The van der Waals surface area contributed by atoms with Crippen molar-refractivity contribution >= 4 is 34.0 Å². The molecule has 0 radical (unpaired) electrons. The fourth-order valence-corrected chi connectivity index (χ4v) is 6.60. The molecule has 8 heteroatoms. The van der Waals surface area contributed by atoms with Crippen LogP contribution in [0.15, 0.2) is 55.1 Å². The number of piperidine rings is 1. The molecule has 0 atom stereocenters. The van der Waals surface area contributed by atoms with E-state index in [2.05, 4.69) is 77.0 Å². The maximum atomic E-state index is 13.6. The summed E-state index contributed by atoms with van der Waals surface area (Å²) in [4.78, 5) is 39.7. The highest BCUT2D eigenvalue weighted by molar-refractivity contribution is 5.97. The zero-order chi connectivity index (χ0) is 28.5. The number of hydrogen-bond acceptors (Lipinski definition) is 6. The Morgan fingerprint density at radius 1 is 0.951 bits per heavy atom. The minimum atomic E-state index is -0.0952. The average Bonchev–Trinajstić information content (AvgIpc) is 3.01. The van der Waals surface area contributed by atoms with Gasteiger partial charge in [0.1, 0.15) is 5.69 Å². The highest BCUT2D eigenvalue weighted by Crippen LogP contribution is 2.35. The van der Waals surface area contributed by atoms with E-state index in [0.717, 1.165) is 63.4 Å². The molecule has 0 saturated carbocycles. The number of piperazine rings is 1. The molecule has 3 aliphatic rings. The van der Waals surface area contributed by atoms with Crippen molar-refractivity contribution in [1.29, 1.82) is 0 Å². The lowest BCUT2D eigenvalue weighted by molar-refractivity contribution is -0.126. The maximum absolute atomic E-state index is 13.6. The number of amides is 2. The molecular formula is C33H40N6O2. The smallest absolute Gasteiger partial charge is 0.270 e. The Balaban J connectivity index is 1.32. The maximum Gasteiger partial charge on any atom is 0.270 e. The zero-order valence-electron chi connectivity index (χ0n) is 24.2. The first kappa shape index (κ1) is 27.3. The molecule has 2 amide bonds. The van der Waals surface area contributed by atoms with Crippen molar-refractivity contribution in [2.24, 2.45) is 0 Å². The third-order valence-electron chi connectivity index (χ3n) is 8.98. The van der Waals surface area contributed by atoms with Crippen LogP contribution in [0.1, 0.15) is 40.2 Å². The molecule has 2 aromatic carbocycles. The van der Waals surface area contributed by atoms with Gasteiger partial charge in [-0.3, -0.25) is 9.59 Å². The number of hydrogen-bond donors (Lipinski definition) is 1. The van der Waals surface area contributed by atoms with E-state index >= 15 is 0 Å². The average molecular weight is 553 g/mol. The fourth-order valence-electron chi connectivity index (χ4n) is 6.60. The Morgan fingerprint density at radius 3 is 2.41 bits per heavy atom. The quantitative estimate of drug-likeness (QED) is 0.486. The van der Waals surface area contributed by atoms with E-state index in [9.17, 15) is 9.59 Å². The number of carbonyl (C=O) groups is 2. The first-order valence-electron chi connectivity index (χ1n) is 14.8. The molecule has 2 saturated heterocycles. The van der Waals surface area contributed by atoms with Gasteiger partial charge in [-0.15, -0.1) is 0 Å². The number of pyridine rings is 1. The minimum absolute atomic E-state index is 0.0272. The van der Waals surface area contributed by atoms with Crippen molar-refractivity contribution in [3.63, 3.8) is 0 Å². The van der Waals surface area contributed by atoms with Gasteiger partial charge in [0.2, 0.25) is 5.91 Å². The van der Waals surface area contributed by atoms with Gasteiger partial charge in [0.05, 0.1) is 12.2 Å². The molecule has 3 aromatic rings. The monoisotopic (exact) mass is 552 g/mol. The van der Waals surface area contributed by atoms with E-state index in [0.29, 0.717) is 25.3 Å². The van der Waals surface area contributed by atoms with Crippen molar-refractivity contribution in [3.05, 3.63) is 77.6 Å². The molecule has 2 fully saturated rings. The highest BCUT2D eigenvalue weighted by Gasteiger charge is 2.29. The van der Waals surface area contributed by atoms with Crippen LogP contribution in [0.25, 0.3) is 10.8 Å². The van der Waals surface area contributed by atoms with E-state index < -0.39 is 0 Å². The summed E-state index contributed by atoms with van der Waals surface area (Å²) in [6, 6.07) is 15.1. The number of aromatic nitrogens is 1. The number of likely N-dealkylation sites (tertiary alicyclic amines) is 1. The lowest BCUT2D eigenvalue weighted by Gasteiger charge is -2.39. The Labute approximate surface area is 242 Å². The number of rotatable bonds is 5. The molecule has 1 aromatic heterocycles. The van der Waals surface area contributed by atoms with Gasteiger partial charge in [0, 0.05) is 61.1 Å². The highest BCUT2D eigenvalue weighted by atomic mass is 16.2. The normalized spacial score (nSPS) is 18.3. The van der Waals surface area contributed by atoms with Crippen LogP contribution in [0.3, 0.4) is 0 Å². The number of nitrogens with zero attached hydrogens (tertiary/aromatic N) is 5. The van der Waals surface area contributed by atoms with Crippen LogP contribution in [0, 0.1) is 6.92 Å². The zero-order valence-corrected chi connectivity index (χ0v) is 24.2. The van der Waals surface area contributed by atoms with Gasteiger partial charge in [0.15, 0.2) is 0 Å². The summed E-state index contributed by atoms with van der Waals surface area (Å²) in [5.74, 6) is -0.122. The molecule has 214 valence electrons. The molecule has 0 bridgehead atoms. The van der Waals surface area contributed by atoms with Crippen LogP contribution in [0.4, 0.5) is 11.4 Å². The van der Waals surface area contributed by atoms with Gasteiger partial charge < -0.3 is 24.9 Å². The Hall–Kier alpha value is -3.91. The second-order valence-corrected chi connectivity index (χ2v) is 11.6. The van der Waals surface area contributed by atoms with Gasteiger partial charge in [-0.05, 0) is 75.5 Å². The first-order chi connectivity index (χ1) is 19.9. The largest absolute Gasteiger partial charge is 0.368 e. The third-order valence-corrected chi connectivity index (χ3v) is 8.98. The summed E-state index contributed by atoms with van der Waals surface area (Å²) >= 11 is 0. The Kier molecular flexibility index (Phi) is 7.67. The summed E-state index contributed by atoms with van der Waals surface area (Å²) in [6.07, 6.45) is 4.14. The molecular weight excluding hydrogens is 512 g/mol. The van der Waals surface area contributed by atoms with E-state index in [4.69, 9.17) is 4.98 Å². The third kappa shape index (κ3) is 5.53. The lowest BCUT2D eigenvalue weighted by Crippen LogP contribution is -2.49. The topological polar surface area (TPSA) is 72.0 Å². The van der Waals surface area contributed by atoms with Crippen molar-refractivity contribution in [3.8, 4) is 0 Å². The summed E-state index contributed by atoms with van der Waals surface area (Å²) in [7, 11) is 2.13. The summed E-state index contributed by atoms with van der Waals surface area (Å²) in [5, 5.41) is 5.78. The molecule has 6 rings (SSSR count). The molecule has 1 N–H and O–H groups in total. The summed E-state index contributed by atoms with van der Waals surface area (Å²) in [6.45, 7) is 12.0.